The molecule has 0 amide bonds. The zero-order valence-corrected chi connectivity index (χ0v) is 15.8. The molecule has 2 saturated heterocycles. The summed E-state index contributed by atoms with van der Waals surface area (Å²) in [6.45, 7) is 1.87. The van der Waals surface area contributed by atoms with Crippen LogP contribution < -0.4 is 0 Å². The molecule has 4 rings (SSSR count). The van der Waals surface area contributed by atoms with Gasteiger partial charge in [-0.05, 0) is 31.2 Å². The molecule has 2 bridgehead atoms. The molecule has 0 N–H and O–H groups in total. The molecule has 0 saturated carbocycles. The lowest BCUT2D eigenvalue weighted by atomic mass is 10.0. The smallest absolute Gasteiger partial charge is 0.214 e. The zero-order valence-electron chi connectivity index (χ0n) is 14.1. The summed E-state index contributed by atoms with van der Waals surface area (Å²) >= 11 is 0. The Labute approximate surface area is 153 Å². The predicted molar refractivity (Wildman–Crippen MR) is 95.6 cm³/mol. The van der Waals surface area contributed by atoms with Crippen LogP contribution in [0.25, 0.3) is 0 Å². The number of fused-ring (bicyclic) bond motifs is 2. The quantitative estimate of drug-likeness (QED) is 0.791. The van der Waals surface area contributed by atoms with Gasteiger partial charge in [-0.15, -0.1) is 0 Å². The van der Waals surface area contributed by atoms with E-state index < -0.39 is 29.9 Å². The average molecular weight is 393 g/mol. The average Bonchev–Trinajstić information content (AvgIpc) is 3.20. The van der Waals surface area contributed by atoms with E-state index >= 15 is 0 Å². The molecule has 2 heterocycles. The number of hydroxylamine groups is 2. The van der Waals surface area contributed by atoms with E-state index in [2.05, 4.69) is 0 Å². The first-order chi connectivity index (χ1) is 12.3. The minimum Gasteiger partial charge on any atom is -0.274 e. The highest BCUT2D eigenvalue weighted by Gasteiger charge is 2.68. The fourth-order valence-electron chi connectivity index (χ4n) is 3.79. The maximum absolute atomic E-state index is 13.4. The van der Waals surface area contributed by atoms with Crippen molar-refractivity contribution in [3.05, 3.63) is 60.7 Å². The lowest BCUT2D eigenvalue weighted by Gasteiger charge is -2.31. The van der Waals surface area contributed by atoms with Crippen LogP contribution in [-0.4, -0.2) is 44.7 Å². The molecule has 0 aliphatic carbocycles. The second-order valence-corrected chi connectivity index (χ2v) is 11.0. The number of benzene rings is 2. The number of rotatable bonds is 4. The molecule has 26 heavy (non-hydrogen) atoms. The number of nitrogens with zero attached hydrogens (tertiary/aromatic N) is 1. The van der Waals surface area contributed by atoms with E-state index in [4.69, 9.17) is 4.84 Å². The van der Waals surface area contributed by atoms with Crippen molar-refractivity contribution in [2.24, 2.45) is 0 Å². The Hall–Kier alpha value is -1.74. The molecular formula is C18H19NO5S2. The molecule has 0 aromatic heterocycles. The van der Waals surface area contributed by atoms with Gasteiger partial charge in [-0.3, -0.25) is 4.84 Å². The fourth-order valence-corrected chi connectivity index (χ4v) is 8.36. The lowest BCUT2D eigenvalue weighted by molar-refractivity contribution is -0.121. The maximum atomic E-state index is 13.4. The molecule has 6 nitrogen and oxygen atoms in total. The largest absolute Gasteiger partial charge is 0.274 e. The lowest BCUT2D eigenvalue weighted by Crippen LogP contribution is -2.53. The number of sulfone groups is 2. The summed E-state index contributed by atoms with van der Waals surface area (Å²) in [4.78, 5) is 4.16. The van der Waals surface area contributed by atoms with E-state index in [9.17, 15) is 16.8 Å². The summed E-state index contributed by atoms with van der Waals surface area (Å²) in [5.74, 6) is 0. The number of hydrogen-bond acceptors (Lipinski definition) is 6. The third kappa shape index (κ3) is 2.36. The highest BCUT2D eigenvalue weighted by molar-refractivity contribution is 7.96. The van der Waals surface area contributed by atoms with Gasteiger partial charge in [0.25, 0.3) is 0 Å². The predicted octanol–water partition coefficient (Wildman–Crippen LogP) is 2.04. The first kappa shape index (κ1) is 17.7. The van der Waals surface area contributed by atoms with Gasteiger partial charge < -0.3 is 0 Å². The van der Waals surface area contributed by atoms with Crippen molar-refractivity contribution in [2.45, 2.75) is 39.4 Å². The number of hydrogen-bond donors (Lipinski definition) is 0. The van der Waals surface area contributed by atoms with Crippen molar-refractivity contribution in [1.82, 2.24) is 5.06 Å². The van der Waals surface area contributed by atoms with E-state index in [0.29, 0.717) is 0 Å². The molecule has 138 valence electrons. The van der Waals surface area contributed by atoms with E-state index in [1.807, 2.05) is 6.92 Å². The molecule has 0 radical (unpaired) electrons. The molecule has 2 fully saturated rings. The molecule has 2 aromatic rings. The van der Waals surface area contributed by atoms with Crippen LogP contribution >= 0.6 is 0 Å². The van der Waals surface area contributed by atoms with Gasteiger partial charge in [-0.2, -0.15) is 5.06 Å². The topological polar surface area (TPSA) is 80.8 Å². The molecule has 2 unspecified atom stereocenters. The fraction of sp³-hybridized carbons (Fsp3) is 0.333. The van der Waals surface area contributed by atoms with Crippen LogP contribution in [0.3, 0.4) is 0 Å². The Morgan fingerprint density at radius 1 is 0.923 bits per heavy atom. The Kier molecular flexibility index (Phi) is 4.00. The molecule has 8 heteroatoms. The summed E-state index contributed by atoms with van der Waals surface area (Å²) < 4.78 is 53.4. The molecule has 2 aromatic carbocycles. The standard InChI is InChI=1S/C18H19NO5S2/c1-14-12-18(26(22,23)16-10-6-3-7-11-16)17(13-19(14)24-18)25(20,21)15-8-4-2-5-9-15/h2-11,14,17H,12-13H2,1H3/t14-,17+,18?/m0/s1. The zero-order chi connectivity index (χ0) is 18.6. The molecule has 2 aliphatic heterocycles. The van der Waals surface area contributed by atoms with Gasteiger partial charge in [-0.25, -0.2) is 16.8 Å². The molecule has 0 spiro atoms. The Morgan fingerprint density at radius 3 is 2.00 bits per heavy atom. The highest BCUT2D eigenvalue weighted by Crippen LogP contribution is 2.50. The van der Waals surface area contributed by atoms with Crippen molar-refractivity contribution >= 4 is 19.7 Å². The van der Waals surface area contributed by atoms with Gasteiger partial charge in [0, 0.05) is 19.0 Å². The van der Waals surface area contributed by atoms with Crippen LogP contribution in [0.2, 0.25) is 0 Å². The van der Waals surface area contributed by atoms with Gasteiger partial charge in [0.15, 0.2) is 9.84 Å². The van der Waals surface area contributed by atoms with Gasteiger partial charge >= 0.3 is 0 Å². The Balaban J connectivity index is 1.87. The van der Waals surface area contributed by atoms with Gasteiger partial charge in [0.2, 0.25) is 14.8 Å². The summed E-state index contributed by atoms with van der Waals surface area (Å²) in [6, 6.07) is 15.7. The van der Waals surface area contributed by atoms with Crippen LogP contribution in [0.1, 0.15) is 13.3 Å². The van der Waals surface area contributed by atoms with Crippen LogP contribution in [0.15, 0.2) is 70.5 Å². The van der Waals surface area contributed by atoms with E-state index in [-0.39, 0.29) is 28.8 Å². The minimum absolute atomic E-state index is 0.0322. The summed E-state index contributed by atoms with van der Waals surface area (Å²) in [5.41, 5.74) is 0. The highest BCUT2D eigenvalue weighted by atomic mass is 32.2. The molecule has 4 atom stereocenters. The summed E-state index contributed by atoms with van der Waals surface area (Å²) in [6.07, 6.45) is 0.112. The third-order valence-corrected chi connectivity index (χ3v) is 9.82. The van der Waals surface area contributed by atoms with Crippen LogP contribution in [0.4, 0.5) is 0 Å². The van der Waals surface area contributed by atoms with Crippen molar-refractivity contribution in [3.63, 3.8) is 0 Å². The monoisotopic (exact) mass is 393 g/mol. The van der Waals surface area contributed by atoms with Crippen LogP contribution in [-0.2, 0) is 24.5 Å². The number of piperidine rings is 1. The Morgan fingerprint density at radius 2 is 1.46 bits per heavy atom. The molecule has 2 aliphatic rings. The van der Waals surface area contributed by atoms with E-state index in [1.165, 1.54) is 29.3 Å². The van der Waals surface area contributed by atoms with Gasteiger partial charge in [0.05, 0.1) is 9.79 Å². The maximum Gasteiger partial charge on any atom is 0.214 e. The van der Waals surface area contributed by atoms with E-state index in [0.717, 1.165) is 0 Å². The van der Waals surface area contributed by atoms with E-state index in [1.54, 1.807) is 36.4 Å². The second kappa shape index (κ2) is 5.88. The van der Waals surface area contributed by atoms with Crippen molar-refractivity contribution < 1.29 is 21.7 Å². The molecular weight excluding hydrogens is 374 g/mol. The van der Waals surface area contributed by atoms with Gasteiger partial charge in [-0.1, -0.05) is 36.4 Å². The summed E-state index contributed by atoms with van der Waals surface area (Å²) in [5, 5.41) is 0.310. The SMILES string of the molecule is C[C@H]1CC2(S(=O)(=O)c3ccccc3)ON1C[C@H]2S(=O)(=O)c1ccccc1. The van der Waals surface area contributed by atoms with Gasteiger partial charge in [0.1, 0.15) is 5.25 Å². The van der Waals surface area contributed by atoms with Crippen LogP contribution in [0, 0.1) is 0 Å². The first-order valence-corrected chi connectivity index (χ1v) is 11.4. The van der Waals surface area contributed by atoms with Crippen molar-refractivity contribution in [1.29, 1.82) is 0 Å². The first-order valence-electron chi connectivity index (χ1n) is 8.33. The second-order valence-electron chi connectivity index (χ2n) is 6.72. The Bertz CT molecular complexity index is 1020. The normalized spacial score (nSPS) is 31.2. The third-order valence-electron chi connectivity index (χ3n) is 5.13. The van der Waals surface area contributed by atoms with Crippen LogP contribution in [0.5, 0.6) is 0 Å². The van der Waals surface area contributed by atoms with Crippen molar-refractivity contribution in [2.75, 3.05) is 6.54 Å². The van der Waals surface area contributed by atoms with Crippen molar-refractivity contribution in [3.8, 4) is 0 Å². The summed E-state index contributed by atoms with van der Waals surface area (Å²) in [7, 11) is -7.91. The minimum atomic E-state index is -4.03.